The van der Waals surface area contributed by atoms with E-state index in [2.05, 4.69) is 64.2 Å². The Labute approximate surface area is 187 Å². The average molecular weight is 429 g/mol. The van der Waals surface area contributed by atoms with E-state index in [1.807, 2.05) is 11.3 Å². The van der Waals surface area contributed by atoms with Crippen LogP contribution in [0, 0.1) is 5.92 Å². The number of benzene rings is 2. The SMILES string of the molecule is C[C@H]1CCc2sc3ncnc(N4CCN(Cc5cccc6ccccc56)CC4)c3c2C1. The standard InChI is InChI=1S/C26H28N4S/c1-18-9-10-23-22(15-18)24-25(27-17-28-26(24)31-23)30-13-11-29(12-14-30)16-20-7-4-6-19-5-2-3-8-21(19)20/h2-8,17-18H,9-16H2,1H3/t18-/m0/s1. The van der Waals surface area contributed by atoms with Gasteiger partial charge in [-0.2, -0.15) is 0 Å². The molecular formula is C26H28N4S. The van der Waals surface area contributed by atoms with Gasteiger partial charge in [-0.05, 0) is 47.1 Å². The summed E-state index contributed by atoms with van der Waals surface area (Å²) in [4.78, 5) is 17.2. The van der Waals surface area contributed by atoms with Gasteiger partial charge >= 0.3 is 0 Å². The van der Waals surface area contributed by atoms with E-state index >= 15 is 0 Å². The molecule has 0 N–H and O–H groups in total. The Morgan fingerprint density at radius 3 is 2.74 bits per heavy atom. The molecule has 158 valence electrons. The normalized spacial score (nSPS) is 19.8. The summed E-state index contributed by atoms with van der Waals surface area (Å²) >= 11 is 1.90. The summed E-state index contributed by atoms with van der Waals surface area (Å²) in [5, 5.41) is 4.05. The summed E-state index contributed by atoms with van der Waals surface area (Å²) in [6.07, 6.45) is 5.45. The summed E-state index contributed by atoms with van der Waals surface area (Å²) in [7, 11) is 0. The minimum absolute atomic E-state index is 0.760. The largest absolute Gasteiger partial charge is 0.353 e. The van der Waals surface area contributed by atoms with Crippen molar-refractivity contribution in [3.63, 3.8) is 0 Å². The molecule has 4 nitrogen and oxygen atoms in total. The second-order valence-corrected chi connectivity index (χ2v) is 10.2. The molecule has 1 aliphatic carbocycles. The number of piperazine rings is 1. The fraction of sp³-hybridized carbons (Fsp3) is 0.385. The molecule has 2 aromatic carbocycles. The zero-order chi connectivity index (χ0) is 20.8. The molecule has 2 aliphatic rings. The number of thiophene rings is 1. The van der Waals surface area contributed by atoms with Crippen LogP contribution in [0.3, 0.4) is 0 Å². The third-order valence-electron chi connectivity index (χ3n) is 7.01. The molecule has 0 saturated carbocycles. The van der Waals surface area contributed by atoms with Crippen LogP contribution in [0.4, 0.5) is 5.82 Å². The molecule has 0 spiro atoms. The lowest BCUT2D eigenvalue weighted by molar-refractivity contribution is 0.250. The maximum Gasteiger partial charge on any atom is 0.141 e. The van der Waals surface area contributed by atoms with E-state index in [1.165, 1.54) is 57.2 Å². The van der Waals surface area contributed by atoms with Crippen LogP contribution in [0.15, 0.2) is 48.8 Å². The molecule has 1 saturated heterocycles. The fourth-order valence-corrected chi connectivity index (χ4v) is 6.47. The highest BCUT2D eigenvalue weighted by Crippen LogP contribution is 2.40. The summed E-state index contributed by atoms with van der Waals surface area (Å²) in [6, 6.07) is 15.4. The van der Waals surface area contributed by atoms with Crippen LogP contribution in [0.1, 0.15) is 29.3 Å². The lowest BCUT2D eigenvalue weighted by Crippen LogP contribution is -2.46. The van der Waals surface area contributed by atoms with Crippen LogP contribution < -0.4 is 4.90 Å². The van der Waals surface area contributed by atoms with Crippen LogP contribution in [-0.4, -0.2) is 41.0 Å². The third kappa shape index (κ3) is 3.50. The van der Waals surface area contributed by atoms with Gasteiger partial charge in [0.1, 0.15) is 17.0 Å². The van der Waals surface area contributed by atoms with Crippen molar-refractivity contribution in [3.8, 4) is 0 Å². The summed E-state index contributed by atoms with van der Waals surface area (Å²) < 4.78 is 0. The second-order valence-electron chi connectivity index (χ2n) is 9.13. The summed E-state index contributed by atoms with van der Waals surface area (Å²) in [5.41, 5.74) is 2.96. The average Bonchev–Trinajstić information content (AvgIpc) is 3.18. The monoisotopic (exact) mass is 428 g/mol. The van der Waals surface area contributed by atoms with E-state index in [9.17, 15) is 0 Å². The summed E-state index contributed by atoms with van der Waals surface area (Å²) in [6.45, 7) is 7.57. The highest BCUT2D eigenvalue weighted by atomic mass is 32.1. The van der Waals surface area contributed by atoms with Gasteiger partial charge in [0, 0.05) is 37.6 Å². The minimum Gasteiger partial charge on any atom is -0.353 e. The highest BCUT2D eigenvalue weighted by molar-refractivity contribution is 7.19. The van der Waals surface area contributed by atoms with Crippen molar-refractivity contribution in [2.45, 2.75) is 32.7 Å². The Balaban J connectivity index is 1.23. The molecule has 0 bridgehead atoms. The molecule has 3 heterocycles. The van der Waals surface area contributed by atoms with Gasteiger partial charge in [-0.3, -0.25) is 4.90 Å². The van der Waals surface area contributed by atoms with Gasteiger partial charge in [-0.25, -0.2) is 9.97 Å². The van der Waals surface area contributed by atoms with Crippen molar-refractivity contribution in [2.24, 2.45) is 5.92 Å². The number of nitrogens with zero attached hydrogens (tertiary/aromatic N) is 4. The predicted molar refractivity (Wildman–Crippen MR) is 130 cm³/mol. The maximum absolute atomic E-state index is 4.79. The number of hydrogen-bond acceptors (Lipinski definition) is 5. The van der Waals surface area contributed by atoms with E-state index in [0.29, 0.717) is 0 Å². The lowest BCUT2D eigenvalue weighted by atomic mass is 9.88. The number of rotatable bonds is 3. The molecule has 4 aromatic rings. The van der Waals surface area contributed by atoms with Crippen molar-refractivity contribution < 1.29 is 0 Å². The molecular weight excluding hydrogens is 400 g/mol. The first-order valence-corrected chi connectivity index (χ1v) is 12.3. The first-order chi connectivity index (χ1) is 15.3. The van der Waals surface area contributed by atoms with Gasteiger partial charge in [-0.1, -0.05) is 49.4 Å². The smallest absolute Gasteiger partial charge is 0.141 e. The minimum atomic E-state index is 0.760. The lowest BCUT2D eigenvalue weighted by Gasteiger charge is -2.36. The third-order valence-corrected chi connectivity index (χ3v) is 8.21. The molecule has 0 unspecified atom stereocenters. The number of aromatic nitrogens is 2. The quantitative estimate of drug-likeness (QED) is 0.444. The van der Waals surface area contributed by atoms with E-state index < -0.39 is 0 Å². The second kappa shape index (κ2) is 7.88. The number of anilines is 1. The zero-order valence-corrected chi connectivity index (χ0v) is 18.9. The number of hydrogen-bond donors (Lipinski definition) is 0. The van der Waals surface area contributed by atoms with Crippen molar-refractivity contribution in [3.05, 3.63) is 64.8 Å². The van der Waals surface area contributed by atoms with Gasteiger partial charge < -0.3 is 4.90 Å². The topological polar surface area (TPSA) is 32.3 Å². The van der Waals surface area contributed by atoms with Crippen LogP contribution >= 0.6 is 11.3 Å². The van der Waals surface area contributed by atoms with Crippen LogP contribution in [0.25, 0.3) is 21.0 Å². The Morgan fingerprint density at radius 1 is 1.00 bits per heavy atom. The van der Waals surface area contributed by atoms with Gasteiger partial charge in [0.05, 0.1) is 5.39 Å². The molecule has 6 rings (SSSR count). The Kier molecular flexibility index (Phi) is 4.88. The van der Waals surface area contributed by atoms with Crippen molar-refractivity contribution in [2.75, 3.05) is 31.1 Å². The van der Waals surface area contributed by atoms with Gasteiger partial charge in [0.25, 0.3) is 0 Å². The summed E-state index contributed by atoms with van der Waals surface area (Å²) in [5.74, 6) is 1.93. The first-order valence-electron chi connectivity index (χ1n) is 11.5. The van der Waals surface area contributed by atoms with E-state index in [4.69, 9.17) is 4.98 Å². The first kappa shape index (κ1) is 19.2. The van der Waals surface area contributed by atoms with Crippen molar-refractivity contribution in [1.82, 2.24) is 14.9 Å². The Bertz CT molecular complexity index is 1230. The van der Waals surface area contributed by atoms with Gasteiger partial charge in [-0.15, -0.1) is 11.3 Å². The molecule has 1 aliphatic heterocycles. The van der Waals surface area contributed by atoms with Crippen LogP contribution in [-0.2, 0) is 19.4 Å². The number of fused-ring (bicyclic) bond motifs is 4. The number of aryl methyl sites for hydroxylation is 1. The molecule has 0 radical (unpaired) electrons. The Hall–Kier alpha value is -2.50. The fourth-order valence-electron chi connectivity index (χ4n) is 5.29. The molecule has 0 amide bonds. The van der Waals surface area contributed by atoms with E-state index in [-0.39, 0.29) is 0 Å². The molecule has 1 atom stereocenters. The Morgan fingerprint density at radius 2 is 1.84 bits per heavy atom. The molecule has 31 heavy (non-hydrogen) atoms. The predicted octanol–water partition coefficient (Wildman–Crippen LogP) is 5.29. The van der Waals surface area contributed by atoms with Crippen LogP contribution in [0.2, 0.25) is 0 Å². The highest BCUT2D eigenvalue weighted by Gasteiger charge is 2.26. The molecule has 1 fully saturated rings. The zero-order valence-electron chi connectivity index (χ0n) is 18.1. The van der Waals surface area contributed by atoms with Gasteiger partial charge in [0.15, 0.2) is 0 Å². The van der Waals surface area contributed by atoms with Gasteiger partial charge in [0.2, 0.25) is 0 Å². The maximum atomic E-state index is 4.79. The van der Waals surface area contributed by atoms with E-state index in [0.717, 1.165) is 38.6 Å². The molecule has 2 aromatic heterocycles. The molecule has 5 heteroatoms. The van der Waals surface area contributed by atoms with Crippen LogP contribution in [0.5, 0.6) is 0 Å². The van der Waals surface area contributed by atoms with E-state index in [1.54, 1.807) is 11.2 Å². The van der Waals surface area contributed by atoms with Crippen molar-refractivity contribution >= 4 is 38.1 Å². The van der Waals surface area contributed by atoms with Crippen molar-refractivity contribution in [1.29, 1.82) is 0 Å².